The molecule has 0 radical (unpaired) electrons. The van der Waals surface area contributed by atoms with Crippen molar-refractivity contribution in [3.63, 3.8) is 0 Å². The highest BCUT2D eigenvalue weighted by Crippen LogP contribution is 2.24. The lowest BCUT2D eigenvalue weighted by Crippen LogP contribution is -2.53. The van der Waals surface area contributed by atoms with Gasteiger partial charge in [0.2, 0.25) is 0 Å². The molecule has 0 bridgehead atoms. The molecule has 2 N–H and O–H groups in total. The lowest BCUT2D eigenvalue weighted by molar-refractivity contribution is -0.122. The topological polar surface area (TPSA) is 100 Å². The van der Waals surface area contributed by atoms with E-state index in [1.165, 1.54) is 11.1 Å². The third-order valence-corrected chi connectivity index (χ3v) is 4.84. The fourth-order valence-corrected chi connectivity index (χ4v) is 3.06. The lowest BCUT2D eigenvalue weighted by Gasteiger charge is -2.35. The maximum absolute atomic E-state index is 11.7. The van der Waals surface area contributed by atoms with Crippen LogP contribution in [0.3, 0.4) is 0 Å². The Bertz CT molecular complexity index is 905. The second-order valence-electron chi connectivity index (χ2n) is 9.56. The van der Waals surface area contributed by atoms with Crippen molar-refractivity contribution in [2.24, 2.45) is 4.99 Å². The highest BCUT2D eigenvalue weighted by atomic mass is 35.5. The summed E-state index contributed by atoms with van der Waals surface area (Å²) in [4.78, 5) is 25.5. The van der Waals surface area contributed by atoms with E-state index in [1.54, 1.807) is 24.2 Å². The molecule has 1 atom stereocenters. The molecule has 1 aliphatic heterocycles. The van der Waals surface area contributed by atoms with Crippen molar-refractivity contribution in [2.45, 2.75) is 86.8 Å². The zero-order chi connectivity index (χ0) is 33.6. The number of hydrogen-bond donors (Lipinski definition) is 2. The number of allylic oxidation sites excluding steroid dienone is 3. The largest absolute Gasteiger partial charge is 0.493 e. The molecule has 0 spiro atoms. The monoisotopic (exact) mass is 609 g/mol. The SMILES string of the molecule is C#C.C=CC=NC.CC.CCCOc1cc(Cl)ccc1CC=C(C)C.C[C@H]1CNCCN1C(=O)OC(C)(C)C.O=CO. The molecule has 0 saturated carbocycles. The van der Waals surface area contributed by atoms with Crippen LogP contribution in [0.2, 0.25) is 5.02 Å². The normalized spacial score (nSPS) is 13.2. The molecule has 2 rings (SSSR count). The highest BCUT2D eigenvalue weighted by molar-refractivity contribution is 6.30. The molecular weight excluding hydrogens is 554 g/mol. The first kappa shape index (κ1) is 45.7. The van der Waals surface area contributed by atoms with Gasteiger partial charge in [-0.05, 0) is 72.1 Å². The fourth-order valence-electron chi connectivity index (χ4n) is 2.90. The lowest BCUT2D eigenvalue weighted by atomic mass is 10.1. The van der Waals surface area contributed by atoms with Crippen LogP contribution in [0, 0.1) is 12.8 Å². The minimum atomic E-state index is -0.401. The van der Waals surface area contributed by atoms with E-state index in [-0.39, 0.29) is 18.6 Å². The number of halogens is 1. The summed E-state index contributed by atoms with van der Waals surface area (Å²) in [6, 6.07) is 6.06. The number of terminal acetylenes is 1. The highest BCUT2D eigenvalue weighted by Gasteiger charge is 2.27. The van der Waals surface area contributed by atoms with Gasteiger partial charge in [0.1, 0.15) is 11.4 Å². The second-order valence-corrected chi connectivity index (χ2v) is 10.00. The summed E-state index contributed by atoms with van der Waals surface area (Å²) in [5.41, 5.74) is 2.11. The molecular formula is C33H56ClN3O5. The number of carbonyl (C=O) groups is 2. The van der Waals surface area contributed by atoms with Crippen LogP contribution in [-0.4, -0.2) is 73.7 Å². The van der Waals surface area contributed by atoms with Crippen molar-refractivity contribution in [3.8, 4) is 18.6 Å². The van der Waals surface area contributed by atoms with Gasteiger partial charge in [-0.1, -0.05) is 62.7 Å². The van der Waals surface area contributed by atoms with Crippen molar-refractivity contribution in [3.05, 3.63) is 53.1 Å². The summed E-state index contributed by atoms with van der Waals surface area (Å²) < 4.78 is 11.0. The van der Waals surface area contributed by atoms with Crippen molar-refractivity contribution < 1.29 is 24.2 Å². The third-order valence-electron chi connectivity index (χ3n) is 4.60. The van der Waals surface area contributed by atoms with Crippen LogP contribution in [0.4, 0.5) is 4.79 Å². The van der Waals surface area contributed by atoms with E-state index in [1.807, 2.05) is 59.7 Å². The van der Waals surface area contributed by atoms with Gasteiger partial charge in [-0.2, -0.15) is 0 Å². The molecule has 9 heteroatoms. The number of hydrogen-bond acceptors (Lipinski definition) is 6. The molecule has 1 saturated heterocycles. The Morgan fingerprint density at radius 3 is 2.26 bits per heavy atom. The van der Waals surface area contributed by atoms with Crippen molar-refractivity contribution in [1.29, 1.82) is 0 Å². The Hall–Kier alpha value is -3.28. The van der Waals surface area contributed by atoms with Gasteiger partial charge in [-0.15, -0.1) is 12.8 Å². The maximum Gasteiger partial charge on any atom is 0.410 e. The summed E-state index contributed by atoms with van der Waals surface area (Å²) in [7, 11) is 1.71. The summed E-state index contributed by atoms with van der Waals surface area (Å²) in [6.07, 6.45) is 15.2. The van der Waals surface area contributed by atoms with Crippen molar-refractivity contribution >= 4 is 30.4 Å². The molecule has 8 nitrogen and oxygen atoms in total. The van der Waals surface area contributed by atoms with Crippen LogP contribution in [-0.2, 0) is 16.0 Å². The van der Waals surface area contributed by atoms with E-state index in [9.17, 15) is 4.79 Å². The minimum Gasteiger partial charge on any atom is -0.493 e. The van der Waals surface area contributed by atoms with Crippen LogP contribution in [0.15, 0.2) is 47.5 Å². The average molecular weight is 610 g/mol. The molecule has 240 valence electrons. The minimum absolute atomic E-state index is 0.202. The number of amides is 1. The van der Waals surface area contributed by atoms with Crippen LogP contribution >= 0.6 is 11.6 Å². The van der Waals surface area contributed by atoms with Crippen LogP contribution in [0.5, 0.6) is 5.75 Å². The molecule has 1 heterocycles. The standard InChI is InChI=1S/C14H19ClO.C10H20N2O2.C4H7N.C2H6.C2H2.CH2O2/c1-4-9-16-14-10-13(15)8-7-12(14)6-5-11(2)3;1-8-7-11-5-6-12(8)9(13)14-10(2,3)4;1-3-4-5-2;2*1-2;2-1-3/h5,7-8,10H,4,6,9H2,1-3H3;8,11H,5-7H2,1-4H3;3-4H,1H2,2H3;1-2H3;1-2H;1H,(H,2,3)/t;8-;;;;/m.0..../s1. The first-order valence-electron chi connectivity index (χ1n) is 14.1. The molecule has 0 unspecified atom stereocenters. The van der Waals surface area contributed by atoms with Crippen LogP contribution in [0.25, 0.3) is 0 Å². The summed E-state index contributed by atoms with van der Waals surface area (Å²) in [5.74, 6) is 0.909. The molecule has 1 fully saturated rings. The molecule has 0 aromatic heterocycles. The van der Waals surface area contributed by atoms with Gasteiger partial charge in [-0.3, -0.25) is 9.79 Å². The van der Waals surface area contributed by atoms with Gasteiger partial charge >= 0.3 is 6.09 Å². The Balaban J connectivity index is -0.000000252. The summed E-state index contributed by atoms with van der Waals surface area (Å²) in [5, 5.41) is 10.9. The Morgan fingerprint density at radius 2 is 1.86 bits per heavy atom. The van der Waals surface area contributed by atoms with Crippen LogP contribution < -0.4 is 10.1 Å². The Labute approximate surface area is 261 Å². The van der Waals surface area contributed by atoms with E-state index in [0.717, 1.165) is 49.9 Å². The Kier molecular flexibility index (Phi) is 33.4. The van der Waals surface area contributed by atoms with E-state index in [2.05, 4.69) is 56.6 Å². The summed E-state index contributed by atoms with van der Waals surface area (Å²) >= 11 is 5.96. The number of rotatable bonds is 6. The number of benzene rings is 1. The van der Waals surface area contributed by atoms with Gasteiger partial charge in [0.25, 0.3) is 6.47 Å². The first-order chi connectivity index (χ1) is 19.9. The predicted molar refractivity (Wildman–Crippen MR) is 180 cm³/mol. The third kappa shape index (κ3) is 28.3. The summed E-state index contributed by atoms with van der Waals surface area (Å²) in [6.45, 7) is 24.3. The number of carboxylic acid groups (broad SMARTS) is 1. The van der Waals surface area contributed by atoms with E-state index in [4.69, 9.17) is 31.0 Å². The van der Waals surface area contributed by atoms with E-state index in [0.29, 0.717) is 0 Å². The number of nitrogens with one attached hydrogen (secondary N) is 1. The van der Waals surface area contributed by atoms with E-state index < -0.39 is 5.60 Å². The fraction of sp³-hybridized carbons (Fsp3) is 0.545. The molecule has 0 aliphatic carbocycles. The molecule has 1 amide bonds. The Morgan fingerprint density at radius 1 is 1.29 bits per heavy atom. The number of piperazine rings is 1. The second kappa shape index (κ2) is 30.7. The molecule has 1 aromatic carbocycles. The smallest absolute Gasteiger partial charge is 0.410 e. The van der Waals surface area contributed by atoms with Gasteiger partial charge in [-0.25, -0.2) is 4.79 Å². The molecule has 1 aromatic rings. The molecule has 1 aliphatic rings. The van der Waals surface area contributed by atoms with Gasteiger partial charge < -0.3 is 24.8 Å². The quantitative estimate of drug-likeness (QED) is 0.148. The number of aliphatic imine (C=N–C) groups is 1. The predicted octanol–water partition coefficient (Wildman–Crippen LogP) is 7.70. The van der Waals surface area contributed by atoms with Crippen molar-refractivity contribution in [1.82, 2.24) is 10.2 Å². The van der Waals surface area contributed by atoms with Gasteiger partial charge in [0.05, 0.1) is 6.61 Å². The van der Waals surface area contributed by atoms with E-state index >= 15 is 0 Å². The number of nitrogens with zero attached hydrogens (tertiary/aromatic N) is 2. The zero-order valence-electron chi connectivity index (χ0n) is 27.6. The molecule has 42 heavy (non-hydrogen) atoms. The van der Waals surface area contributed by atoms with Crippen molar-refractivity contribution in [2.75, 3.05) is 33.3 Å². The number of carbonyl (C=O) groups excluding carboxylic acids is 1. The zero-order valence-corrected chi connectivity index (χ0v) is 28.3. The number of ether oxygens (including phenoxy) is 2. The first-order valence-corrected chi connectivity index (χ1v) is 14.4. The van der Waals surface area contributed by atoms with Crippen LogP contribution in [0.1, 0.15) is 74.3 Å². The average Bonchev–Trinajstić information content (AvgIpc) is 2.94. The maximum atomic E-state index is 11.7. The van der Waals surface area contributed by atoms with Gasteiger partial charge in [0, 0.05) is 44.0 Å². The van der Waals surface area contributed by atoms with Gasteiger partial charge in [0.15, 0.2) is 0 Å².